The van der Waals surface area contributed by atoms with Crippen molar-refractivity contribution in [2.24, 2.45) is 0 Å². The molecule has 0 bridgehead atoms. The summed E-state index contributed by atoms with van der Waals surface area (Å²) in [5.74, 6) is 0.277. The minimum atomic E-state index is -0.973. The van der Waals surface area contributed by atoms with Crippen molar-refractivity contribution in [2.45, 2.75) is 18.9 Å². The predicted octanol–water partition coefficient (Wildman–Crippen LogP) is 2.97. The first kappa shape index (κ1) is 26.5. The second-order valence-electron chi connectivity index (χ2n) is 9.38. The number of amides is 1. The van der Waals surface area contributed by atoms with Crippen LogP contribution in [0.4, 0.5) is 0 Å². The number of ether oxygens (including phenoxy) is 6. The van der Waals surface area contributed by atoms with Crippen LogP contribution in [0.2, 0.25) is 0 Å². The first-order valence-corrected chi connectivity index (χ1v) is 12.7. The molecule has 1 unspecified atom stereocenters. The van der Waals surface area contributed by atoms with Gasteiger partial charge in [-0.2, -0.15) is 0 Å². The summed E-state index contributed by atoms with van der Waals surface area (Å²) in [5.41, 5.74) is 0.649. The van der Waals surface area contributed by atoms with Gasteiger partial charge in [-0.1, -0.05) is 0 Å². The lowest BCUT2D eigenvalue weighted by Gasteiger charge is -2.29. The zero-order valence-electron chi connectivity index (χ0n) is 22.4. The molecular formula is C28H32N2O9. The van der Waals surface area contributed by atoms with E-state index >= 15 is 0 Å². The van der Waals surface area contributed by atoms with Gasteiger partial charge in [0, 0.05) is 24.2 Å². The van der Waals surface area contributed by atoms with Crippen LogP contribution in [0, 0.1) is 0 Å². The smallest absolute Gasteiger partial charge is 0.295 e. The Labute approximate surface area is 226 Å². The van der Waals surface area contributed by atoms with E-state index in [4.69, 9.17) is 28.4 Å². The lowest BCUT2D eigenvalue weighted by molar-refractivity contribution is -0.140. The van der Waals surface area contributed by atoms with Gasteiger partial charge in [-0.25, -0.2) is 0 Å². The number of methoxy groups -OCH3 is 4. The third-order valence-corrected chi connectivity index (χ3v) is 7.36. The molecule has 3 aliphatic rings. The second-order valence-corrected chi connectivity index (χ2v) is 9.38. The number of carbonyl (C=O) groups is 2. The summed E-state index contributed by atoms with van der Waals surface area (Å²) in [4.78, 5) is 30.8. The summed E-state index contributed by atoms with van der Waals surface area (Å²) in [6, 6.07) is 5.48. The number of rotatable bonds is 9. The Morgan fingerprint density at radius 2 is 1.64 bits per heavy atom. The van der Waals surface area contributed by atoms with Crippen molar-refractivity contribution >= 4 is 17.4 Å². The number of benzene rings is 2. The fourth-order valence-electron chi connectivity index (χ4n) is 5.44. The molecule has 3 aliphatic heterocycles. The van der Waals surface area contributed by atoms with Crippen LogP contribution in [-0.4, -0.2) is 88.0 Å². The standard InChI is InChI=1S/C28H32N2O9/c1-34-18-8-7-16(13-19(18)35-2)23(31)21-22(30(28(33)24(21)32)12-11-29-9-5-6-10-29)17-14-20-26(39-15-38-20)27(37-4)25(17)36-3/h7-8,13-14,22,31H,5-6,9-12,15H2,1-4H3/b23-21+. The molecule has 11 heteroatoms. The highest BCUT2D eigenvalue weighted by Crippen LogP contribution is 2.54. The molecule has 0 aromatic heterocycles. The largest absolute Gasteiger partial charge is 0.507 e. The van der Waals surface area contributed by atoms with Crippen LogP contribution in [0.3, 0.4) is 0 Å². The van der Waals surface area contributed by atoms with E-state index in [0.29, 0.717) is 40.7 Å². The van der Waals surface area contributed by atoms with Crippen LogP contribution in [-0.2, 0) is 9.59 Å². The molecule has 2 aromatic carbocycles. The van der Waals surface area contributed by atoms with Crippen LogP contribution >= 0.6 is 0 Å². The van der Waals surface area contributed by atoms with Gasteiger partial charge in [-0.15, -0.1) is 0 Å². The topological polar surface area (TPSA) is 116 Å². The third kappa shape index (κ3) is 4.56. The molecule has 5 rings (SSSR count). The van der Waals surface area contributed by atoms with Crippen molar-refractivity contribution in [1.82, 2.24) is 9.80 Å². The summed E-state index contributed by atoms with van der Waals surface area (Å²) in [6.07, 6.45) is 2.18. The van der Waals surface area contributed by atoms with E-state index < -0.39 is 17.7 Å². The Hall–Kier alpha value is -4.12. The molecule has 0 saturated carbocycles. The quantitative estimate of drug-likeness (QED) is 0.289. The van der Waals surface area contributed by atoms with Crippen molar-refractivity contribution in [3.05, 3.63) is 41.0 Å². The molecule has 1 N–H and O–H groups in total. The molecule has 0 aliphatic carbocycles. The number of fused-ring (bicyclic) bond motifs is 1. The first-order valence-electron chi connectivity index (χ1n) is 12.7. The van der Waals surface area contributed by atoms with E-state index in [1.165, 1.54) is 33.3 Å². The van der Waals surface area contributed by atoms with Gasteiger partial charge in [-0.05, 0) is 50.2 Å². The third-order valence-electron chi connectivity index (χ3n) is 7.36. The molecular weight excluding hydrogens is 508 g/mol. The average molecular weight is 541 g/mol. The number of aliphatic hydroxyl groups excluding tert-OH is 1. The average Bonchev–Trinajstić information content (AvgIpc) is 3.70. The van der Waals surface area contributed by atoms with Crippen molar-refractivity contribution in [3.8, 4) is 34.5 Å². The molecule has 0 radical (unpaired) electrons. The molecule has 208 valence electrons. The normalized spacial score (nSPS) is 20.0. The van der Waals surface area contributed by atoms with E-state index in [1.54, 1.807) is 24.3 Å². The van der Waals surface area contributed by atoms with Crippen LogP contribution in [0.15, 0.2) is 29.8 Å². The molecule has 1 atom stereocenters. The van der Waals surface area contributed by atoms with Gasteiger partial charge in [0.15, 0.2) is 23.0 Å². The minimum absolute atomic E-state index is 0.0148. The van der Waals surface area contributed by atoms with Crippen LogP contribution < -0.4 is 28.4 Å². The Morgan fingerprint density at radius 3 is 2.31 bits per heavy atom. The highest BCUT2D eigenvalue weighted by Gasteiger charge is 2.48. The summed E-state index contributed by atoms with van der Waals surface area (Å²) in [6.45, 7) is 2.71. The molecule has 1 amide bonds. The van der Waals surface area contributed by atoms with E-state index in [-0.39, 0.29) is 36.2 Å². The Kier molecular flexibility index (Phi) is 7.42. The van der Waals surface area contributed by atoms with Crippen molar-refractivity contribution in [2.75, 3.05) is 61.4 Å². The Morgan fingerprint density at radius 1 is 0.923 bits per heavy atom. The number of ketones is 1. The highest BCUT2D eigenvalue weighted by molar-refractivity contribution is 6.46. The predicted molar refractivity (Wildman–Crippen MR) is 140 cm³/mol. The molecule has 3 heterocycles. The first-order chi connectivity index (χ1) is 18.9. The molecule has 2 saturated heterocycles. The lowest BCUT2D eigenvalue weighted by atomic mass is 9.93. The zero-order chi connectivity index (χ0) is 27.7. The summed E-state index contributed by atoms with van der Waals surface area (Å²) >= 11 is 0. The SMILES string of the molecule is COc1ccc(/C(O)=C2\C(=O)C(=O)N(CCN3CCCC3)C2c2cc3c(c(OC)c2OC)OCO3)cc1OC. The fraction of sp³-hybridized carbons (Fsp3) is 0.429. The number of carbonyl (C=O) groups excluding carboxylic acids is 2. The van der Waals surface area contributed by atoms with Crippen LogP contribution in [0.25, 0.3) is 5.76 Å². The van der Waals surface area contributed by atoms with Crippen LogP contribution in [0.5, 0.6) is 34.5 Å². The number of Topliss-reactive ketones (excluding diaryl/α,β-unsaturated/α-hetero) is 1. The van der Waals surface area contributed by atoms with E-state index in [0.717, 1.165) is 25.9 Å². The summed E-state index contributed by atoms with van der Waals surface area (Å²) in [7, 11) is 5.91. The van der Waals surface area contributed by atoms with Gasteiger partial charge in [0.05, 0.1) is 40.1 Å². The van der Waals surface area contributed by atoms with Gasteiger partial charge in [0.2, 0.25) is 18.3 Å². The number of hydrogen-bond donors (Lipinski definition) is 1. The molecule has 39 heavy (non-hydrogen) atoms. The summed E-state index contributed by atoms with van der Waals surface area (Å²) in [5, 5.41) is 11.5. The molecule has 2 fully saturated rings. The van der Waals surface area contributed by atoms with Gasteiger partial charge in [-0.3, -0.25) is 9.59 Å². The van der Waals surface area contributed by atoms with Gasteiger partial charge in [0.25, 0.3) is 11.7 Å². The monoisotopic (exact) mass is 540 g/mol. The van der Waals surface area contributed by atoms with Crippen molar-refractivity contribution < 1.29 is 43.1 Å². The highest BCUT2D eigenvalue weighted by atomic mass is 16.7. The molecule has 0 spiro atoms. The minimum Gasteiger partial charge on any atom is -0.507 e. The Bertz CT molecular complexity index is 1320. The maximum Gasteiger partial charge on any atom is 0.295 e. The zero-order valence-corrected chi connectivity index (χ0v) is 22.4. The second kappa shape index (κ2) is 10.9. The summed E-state index contributed by atoms with van der Waals surface area (Å²) < 4.78 is 33.3. The van der Waals surface area contributed by atoms with Gasteiger partial charge >= 0.3 is 0 Å². The molecule has 11 nitrogen and oxygen atoms in total. The van der Waals surface area contributed by atoms with E-state index in [9.17, 15) is 14.7 Å². The van der Waals surface area contributed by atoms with E-state index in [2.05, 4.69) is 4.90 Å². The maximum atomic E-state index is 13.6. The number of hydrogen-bond acceptors (Lipinski definition) is 10. The van der Waals surface area contributed by atoms with Gasteiger partial charge in [0.1, 0.15) is 5.76 Å². The van der Waals surface area contributed by atoms with Crippen molar-refractivity contribution in [3.63, 3.8) is 0 Å². The number of nitrogens with zero attached hydrogens (tertiary/aromatic N) is 2. The number of aliphatic hydroxyl groups is 1. The van der Waals surface area contributed by atoms with Gasteiger partial charge < -0.3 is 43.3 Å². The maximum absolute atomic E-state index is 13.6. The van der Waals surface area contributed by atoms with Crippen molar-refractivity contribution in [1.29, 1.82) is 0 Å². The number of likely N-dealkylation sites (tertiary alicyclic amines) is 2. The van der Waals surface area contributed by atoms with E-state index in [1.807, 2.05) is 0 Å². The van der Waals surface area contributed by atoms with Crippen LogP contribution in [0.1, 0.15) is 30.0 Å². The molecule has 2 aromatic rings. The Balaban J connectivity index is 1.69. The fourth-order valence-corrected chi connectivity index (χ4v) is 5.44. The lowest BCUT2D eigenvalue weighted by Crippen LogP contribution is -2.37.